The van der Waals surface area contributed by atoms with E-state index < -0.39 is 5.82 Å². The number of carbonyl (C=O) groups excluding carboxylic acids is 1. The van der Waals surface area contributed by atoms with Crippen LogP contribution in [-0.4, -0.2) is 10.5 Å². The Morgan fingerprint density at radius 1 is 1.21 bits per heavy atom. The molecule has 0 aliphatic rings. The summed E-state index contributed by atoms with van der Waals surface area (Å²) in [5, 5.41) is 3.35. The predicted octanol–water partition coefficient (Wildman–Crippen LogP) is 3.74. The molecule has 3 rings (SSSR count). The van der Waals surface area contributed by atoms with Gasteiger partial charge in [-0.2, -0.15) is 0 Å². The van der Waals surface area contributed by atoms with E-state index in [1.54, 1.807) is 37.3 Å². The first-order chi connectivity index (χ1) is 11.5. The Kier molecular flexibility index (Phi) is 4.36. The van der Waals surface area contributed by atoms with E-state index >= 15 is 0 Å². The Balaban J connectivity index is 2.00. The second-order valence-corrected chi connectivity index (χ2v) is 5.81. The van der Waals surface area contributed by atoms with Crippen LogP contribution in [0.1, 0.15) is 5.69 Å². The highest BCUT2D eigenvalue weighted by molar-refractivity contribution is 6.33. The molecule has 0 saturated carbocycles. The smallest absolute Gasteiger partial charge is 0.244 e. The van der Waals surface area contributed by atoms with Crippen molar-refractivity contribution in [2.75, 3.05) is 5.32 Å². The lowest BCUT2D eigenvalue weighted by atomic mass is 10.1. The molecule has 1 heterocycles. The minimum absolute atomic E-state index is 0.122. The van der Waals surface area contributed by atoms with Gasteiger partial charge in [-0.05, 0) is 31.2 Å². The number of benzene rings is 2. The van der Waals surface area contributed by atoms with Crippen LogP contribution in [0.25, 0.3) is 10.9 Å². The van der Waals surface area contributed by atoms with Gasteiger partial charge in [0.25, 0.3) is 0 Å². The van der Waals surface area contributed by atoms with Crippen LogP contribution in [0.4, 0.5) is 10.1 Å². The molecule has 0 aliphatic heterocycles. The third-order valence-electron chi connectivity index (χ3n) is 3.74. The van der Waals surface area contributed by atoms with Crippen molar-refractivity contribution in [2.45, 2.75) is 13.5 Å². The third-order valence-corrected chi connectivity index (χ3v) is 4.07. The van der Waals surface area contributed by atoms with Crippen LogP contribution in [0.2, 0.25) is 5.02 Å². The first-order valence-corrected chi connectivity index (χ1v) is 7.68. The van der Waals surface area contributed by atoms with Crippen molar-refractivity contribution in [3.8, 4) is 0 Å². The number of nitrogens with one attached hydrogen (secondary N) is 1. The van der Waals surface area contributed by atoms with E-state index in [0.717, 1.165) is 0 Å². The Bertz CT molecular complexity index is 998. The van der Waals surface area contributed by atoms with Crippen LogP contribution in [0, 0.1) is 12.7 Å². The van der Waals surface area contributed by atoms with E-state index in [-0.39, 0.29) is 28.8 Å². The van der Waals surface area contributed by atoms with E-state index in [1.165, 1.54) is 22.8 Å². The average Bonchev–Trinajstić information content (AvgIpc) is 2.54. The highest BCUT2D eigenvalue weighted by Gasteiger charge is 2.14. The fraction of sp³-hybridized carbons (Fsp3) is 0.111. The van der Waals surface area contributed by atoms with Crippen LogP contribution >= 0.6 is 11.6 Å². The second-order valence-electron chi connectivity index (χ2n) is 5.40. The van der Waals surface area contributed by atoms with Crippen LogP contribution in [0.15, 0.2) is 53.3 Å². The van der Waals surface area contributed by atoms with Gasteiger partial charge < -0.3 is 9.88 Å². The molecule has 0 fully saturated rings. The molecule has 24 heavy (non-hydrogen) atoms. The van der Waals surface area contributed by atoms with E-state index in [4.69, 9.17) is 11.6 Å². The lowest BCUT2D eigenvalue weighted by Gasteiger charge is -2.15. The van der Waals surface area contributed by atoms with E-state index in [1.807, 2.05) is 0 Å². The summed E-state index contributed by atoms with van der Waals surface area (Å²) in [7, 11) is 0. The first kappa shape index (κ1) is 16.2. The summed E-state index contributed by atoms with van der Waals surface area (Å²) in [4.78, 5) is 24.4. The molecule has 0 saturated heterocycles. The van der Waals surface area contributed by atoms with Crippen LogP contribution in [-0.2, 0) is 11.3 Å². The molecule has 0 unspecified atom stereocenters. The maximum absolute atomic E-state index is 14.2. The number of halogens is 2. The fourth-order valence-corrected chi connectivity index (χ4v) is 2.79. The molecule has 0 bridgehead atoms. The number of anilines is 1. The summed E-state index contributed by atoms with van der Waals surface area (Å²) in [6, 6.07) is 12.5. The highest BCUT2D eigenvalue weighted by Crippen LogP contribution is 2.21. The van der Waals surface area contributed by atoms with Crippen molar-refractivity contribution >= 4 is 34.1 Å². The Morgan fingerprint density at radius 2 is 1.96 bits per heavy atom. The summed E-state index contributed by atoms with van der Waals surface area (Å²) in [5.74, 6) is -0.904. The van der Waals surface area contributed by atoms with Crippen molar-refractivity contribution in [1.82, 2.24) is 4.57 Å². The zero-order valence-corrected chi connectivity index (χ0v) is 13.6. The number of nitrogens with zero attached hydrogens (tertiary/aromatic N) is 1. The van der Waals surface area contributed by atoms with Crippen molar-refractivity contribution < 1.29 is 9.18 Å². The van der Waals surface area contributed by atoms with Crippen molar-refractivity contribution in [3.05, 3.63) is 75.3 Å². The normalized spacial score (nSPS) is 10.8. The van der Waals surface area contributed by atoms with E-state index in [0.29, 0.717) is 16.4 Å². The lowest BCUT2D eigenvalue weighted by Crippen LogP contribution is -2.23. The standard InChI is InChI=1S/C18H14ClFN2O2/c1-11-9-16(23)12-5-4-7-14(20)18(12)22(11)10-17(24)21-15-8-3-2-6-13(15)19/h2-9H,10H2,1H3,(H,21,24). The summed E-state index contributed by atoms with van der Waals surface area (Å²) >= 11 is 6.02. The van der Waals surface area contributed by atoms with Gasteiger partial charge in [-0.1, -0.05) is 29.8 Å². The molecule has 0 aliphatic carbocycles. The molecule has 1 amide bonds. The second kappa shape index (κ2) is 6.45. The van der Waals surface area contributed by atoms with Crippen molar-refractivity contribution in [2.24, 2.45) is 0 Å². The van der Waals surface area contributed by atoms with Gasteiger partial charge in [-0.3, -0.25) is 9.59 Å². The number of hydrogen-bond donors (Lipinski definition) is 1. The van der Waals surface area contributed by atoms with Crippen molar-refractivity contribution in [1.29, 1.82) is 0 Å². The number of carbonyl (C=O) groups is 1. The van der Waals surface area contributed by atoms with Crippen LogP contribution < -0.4 is 10.7 Å². The maximum atomic E-state index is 14.2. The van der Waals surface area contributed by atoms with Gasteiger partial charge in [-0.15, -0.1) is 0 Å². The fourth-order valence-electron chi connectivity index (χ4n) is 2.61. The number of pyridine rings is 1. The number of rotatable bonds is 3. The topological polar surface area (TPSA) is 51.1 Å². The third kappa shape index (κ3) is 3.03. The molecule has 4 nitrogen and oxygen atoms in total. The molecule has 0 atom stereocenters. The zero-order chi connectivity index (χ0) is 17.3. The molecular formula is C18H14ClFN2O2. The number of amides is 1. The predicted molar refractivity (Wildman–Crippen MR) is 93.0 cm³/mol. The summed E-state index contributed by atoms with van der Waals surface area (Å²) in [6.45, 7) is 1.53. The van der Waals surface area contributed by atoms with Gasteiger partial charge in [0.15, 0.2) is 5.43 Å². The zero-order valence-electron chi connectivity index (χ0n) is 12.8. The average molecular weight is 345 g/mol. The number of aromatic nitrogens is 1. The van der Waals surface area contributed by atoms with Crippen LogP contribution in [0.3, 0.4) is 0 Å². The van der Waals surface area contributed by atoms with Gasteiger partial charge in [0, 0.05) is 17.1 Å². The molecule has 0 spiro atoms. The summed E-state index contributed by atoms with van der Waals surface area (Å²) in [5.41, 5.74) is 0.834. The highest BCUT2D eigenvalue weighted by atomic mass is 35.5. The van der Waals surface area contributed by atoms with Gasteiger partial charge in [0.05, 0.1) is 16.2 Å². The molecule has 3 aromatic rings. The molecule has 122 valence electrons. The first-order valence-electron chi connectivity index (χ1n) is 7.30. The molecule has 0 radical (unpaired) electrons. The molecule has 1 N–H and O–H groups in total. The summed E-state index contributed by atoms with van der Waals surface area (Å²) in [6.07, 6.45) is 0. The number of fused-ring (bicyclic) bond motifs is 1. The van der Waals surface area contributed by atoms with Crippen molar-refractivity contribution in [3.63, 3.8) is 0 Å². The molecule has 1 aromatic heterocycles. The lowest BCUT2D eigenvalue weighted by molar-refractivity contribution is -0.116. The van der Waals surface area contributed by atoms with Gasteiger partial charge in [0.1, 0.15) is 12.4 Å². The minimum atomic E-state index is -0.543. The van der Waals surface area contributed by atoms with Gasteiger partial charge in [0.2, 0.25) is 5.91 Å². The van der Waals surface area contributed by atoms with E-state index in [2.05, 4.69) is 5.32 Å². The quantitative estimate of drug-likeness (QED) is 0.787. The number of para-hydroxylation sites is 2. The van der Waals surface area contributed by atoms with Gasteiger partial charge in [-0.25, -0.2) is 4.39 Å². The largest absolute Gasteiger partial charge is 0.333 e. The van der Waals surface area contributed by atoms with E-state index in [9.17, 15) is 14.0 Å². The molecule has 2 aromatic carbocycles. The van der Waals surface area contributed by atoms with Gasteiger partial charge >= 0.3 is 0 Å². The monoisotopic (exact) mass is 344 g/mol. The number of hydrogen-bond acceptors (Lipinski definition) is 2. The Labute approximate surface area is 142 Å². The molecule has 6 heteroatoms. The minimum Gasteiger partial charge on any atom is -0.333 e. The Hall–Kier alpha value is -2.66. The number of aryl methyl sites for hydroxylation is 1. The Morgan fingerprint density at radius 3 is 2.71 bits per heavy atom. The summed E-state index contributed by atoms with van der Waals surface area (Å²) < 4.78 is 15.7. The van der Waals surface area contributed by atoms with Crippen LogP contribution in [0.5, 0.6) is 0 Å². The molecular weight excluding hydrogens is 331 g/mol. The SMILES string of the molecule is Cc1cc(=O)c2cccc(F)c2n1CC(=O)Nc1ccccc1Cl. The maximum Gasteiger partial charge on any atom is 0.244 e.